The van der Waals surface area contributed by atoms with Gasteiger partial charge in [0.2, 0.25) is 0 Å². The molecule has 0 aliphatic rings. The quantitative estimate of drug-likeness (QED) is 0.856. The summed E-state index contributed by atoms with van der Waals surface area (Å²) < 4.78 is 0. The van der Waals surface area contributed by atoms with Gasteiger partial charge in [0, 0.05) is 6.04 Å². The molecule has 0 saturated heterocycles. The molecule has 3 nitrogen and oxygen atoms in total. The van der Waals surface area contributed by atoms with E-state index in [-0.39, 0.29) is 6.04 Å². The molecule has 0 radical (unpaired) electrons. The number of carboxylic acid groups (broad SMARTS) is 1. The Morgan fingerprint density at radius 2 is 1.74 bits per heavy atom. The molecule has 3 heteroatoms. The van der Waals surface area contributed by atoms with Crippen LogP contribution in [0.5, 0.6) is 0 Å². The van der Waals surface area contributed by atoms with Crippen LogP contribution >= 0.6 is 0 Å². The van der Waals surface area contributed by atoms with Gasteiger partial charge in [-0.3, -0.25) is 4.79 Å². The van der Waals surface area contributed by atoms with Crippen molar-refractivity contribution in [2.75, 3.05) is 7.05 Å². The lowest BCUT2D eigenvalue weighted by atomic mass is 9.81. The van der Waals surface area contributed by atoms with Crippen LogP contribution in [-0.4, -0.2) is 18.1 Å². The number of rotatable bonds is 5. The predicted octanol–water partition coefficient (Wildman–Crippen LogP) is 3.37. The van der Waals surface area contributed by atoms with Gasteiger partial charge in [-0.05, 0) is 64.8 Å². The highest BCUT2D eigenvalue weighted by molar-refractivity contribution is 5.73. The van der Waals surface area contributed by atoms with Gasteiger partial charge in [-0.25, -0.2) is 0 Å². The number of nitrogens with one attached hydrogen (secondary N) is 1. The molecule has 2 N–H and O–H groups in total. The lowest BCUT2D eigenvalue weighted by Gasteiger charge is -2.28. The zero-order valence-electron chi connectivity index (χ0n) is 12.8. The Morgan fingerprint density at radius 3 is 2.11 bits per heavy atom. The fraction of sp³-hybridized carbons (Fsp3) is 0.562. The molecule has 0 heterocycles. The molecule has 19 heavy (non-hydrogen) atoms. The molecule has 106 valence electrons. The first-order valence-corrected chi connectivity index (χ1v) is 6.67. The predicted molar refractivity (Wildman–Crippen MR) is 78.5 cm³/mol. The van der Waals surface area contributed by atoms with E-state index in [9.17, 15) is 9.90 Å². The number of carboxylic acids is 1. The molecule has 0 fully saturated rings. The molecule has 0 saturated carbocycles. The van der Waals surface area contributed by atoms with Crippen molar-refractivity contribution in [3.05, 3.63) is 34.4 Å². The number of hydrogen-bond acceptors (Lipinski definition) is 2. The van der Waals surface area contributed by atoms with Crippen LogP contribution in [0.3, 0.4) is 0 Å². The summed E-state index contributed by atoms with van der Waals surface area (Å²) in [4.78, 5) is 11.3. The first-order valence-electron chi connectivity index (χ1n) is 6.67. The van der Waals surface area contributed by atoms with Crippen molar-refractivity contribution in [3.8, 4) is 0 Å². The highest BCUT2D eigenvalue weighted by atomic mass is 16.4. The van der Waals surface area contributed by atoms with Gasteiger partial charge >= 0.3 is 5.97 Å². The summed E-state index contributed by atoms with van der Waals surface area (Å²) in [5, 5.41) is 12.6. The van der Waals surface area contributed by atoms with Gasteiger partial charge in [-0.2, -0.15) is 0 Å². The number of benzene rings is 1. The van der Waals surface area contributed by atoms with Gasteiger partial charge < -0.3 is 10.4 Å². The molecule has 1 rings (SSSR count). The molecule has 1 aromatic rings. The van der Waals surface area contributed by atoms with E-state index in [2.05, 4.69) is 38.2 Å². The van der Waals surface area contributed by atoms with E-state index in [0.29, 0.717) is 6.42 Å². The molecule has 1 atom stereocenters. The Bertz CT molecular complexity index is 455. The minimum Gasteiger partial charge on any atom is -0.481 e. The summed E-state index contributed by atoms with van der Waals surface area (Å²) in [6.45, 7) is 9.82. The van der Waals surface area contributed by atoms with Crippen LogP contribution in [0.25, 0.3) is 0 Å². The first kappa shape index (κ1) is 15.7. The average Bonchev–Trinajstić information content (AvgIpc) is 2.25. The third-order valence-corrected chi connectivity index (χ3v) is 3.73. The topological polar surface area (TPSA) is 49.3 Å². The fourth-order valence-electron chi connectivity index (χ4n) is 2.69. The average molecular weight is 263 g/mol. The van der Waals surface area contributed by atoms with E-state index in [0.717, 1.165) is 0 Å². The smallest absolute Gasteiger partial charge is 0.309 e. The van der Waals surface area contributed by atoms with E-state index in [1.54, 1.807) is 13.8 Å². The lowest BCUT2D eigenvalue weighted by Crippen LogP contribution is -2.31. The SMILES string of the molecule is CNC(CC(C)(C)C(=O)O)c1c(C)cc(C)cc1C. The van der Waals surface area contributed by atoms with Gasteiger partial charge in [0.15, 0.2) is 0 Å². The Labute approximate surface area is 116 Å². The highest BCUT2D eigenvalue weighted by Crippen LogP contribution is 2.33. The maximum absolute atomic E-state index is 11.3. The second-order valence-corrected chi connectivity index (χ2v) is 6.05. The molecule has 1 aromatic carbocycles. The zero-order chi connectivity index (χ0) is 14.8. The van der Waals surface area contributed by atoms with Crippen LogP contribution in [0, 0.1) is 26.2 Å². The summed E-state index contributed by atoms with van der Waals surface area (Å²) in [7, 11) is 1.89. The summed E-state index contributed by atoms with van der Waals surface area (Å²) in [6, 6.07) is 4.37. The van der Waals surface area contributed by atoms with Gasteiger partial charge in [0.1, 0.15) is 0 Å². The van der Waals surface area contributed by atoms with Crippen LogP contribution in [0.1, 0.15) is 48.6 Å². The van der Waals surface area contributed by atoms with E-state index >= 15 is 0 Å². The molecule has 0 aliphatic heterocycles. The summed E-state index contributed by atoms with van der Waals surface area (Å²) in [6.07, 6.45) is 0.573. The Kier molecular flexibility index (Phi) is 4.75. The molecule has 0 aromatic heterocycles. The van der Waals surface area contributed by atoms with Gasteiger partial charge in [-0.15, -0.1) is 0 Å². The summed E-state index contributed by atoms with van der Waals surface area (Å²) in [5.74, 6) is -0.754. The molecule has 1 unspecified atom stereocenters. The third-order valence-electron chi connectivity index (χ3n) is 3.73. The van der Waals surface area contributed by atoms with E-state index < -0.39 is 11.4 Å². The molecule has 0 aliphatic carbocycles. The van der Waals surface area contributed by atoms with Gasteiger partial charge in [-0.1, -0.05) is 17.7 Å². The number of aryl methyl sites for hydroxylation is 3. The molecule has 0 spiro atoms. The van der Waals surface area contributed by atoms with Crippen LogP contribution in [-0.2, 0) is 4.79 Å². The molecular weight excluding hydrogens is 238 g/mol. The van der Waals surface area contributed by atoms with Crippen molar-refractivity contribution in [2.24, 2.45) is 5.41 Å². The number of carbonyl (C=O) groups is 1. The van der Waals surface area contributed by atoms with Crippen LogP contribution in [0.4, 0.5) is 0 Å². The van der Waals surface area contributed by atoms with E-state index in [1.165, 1.54) is 22.3 Å². The van der Waals surface area contributed by atoms with Gasteiger partial charge in [0.05, 0.1) is 5.41 Å². The Morgan fingerprint density at radius 1 is 1.26 bits per heavy atom. The van der Waals surface area contributed by atoms with Gasteiger partial charge in [0.25, 0.3) is 0 Å². The molecule has 0 bridgehead atoms. The van der Waals surface area contributed by atoms with Crippen molar-refractivity contribution in [1.29, 1.82) is 0 Å². The van der Waals surface area contributed by atoms with Crippen molar-refractivity contribution in [3.63, 3.8) is 0 Å². The van der Waals surface area contributed by atoms with Crippen molar-refractivity contribution < 1.29 is 9.90 Å². The zero-order valence-corrected chi connectivity index (χ0v) is 12.8. The standard InChI is InChI=1S/C16H25NO2/c1-10-7-11(2)14(12(3)8-10)13(17-6)9-16(4,5)15(18)19/h7-8,13,17H,9H2,1-6H3,(H,18,19). The Hall–Kier alpha value is -1.35. The fourth-order valence-corrected chi connectivity index (χ4v) is 2.69. The monoisotopic (exact) mass is 263 g/mol. The largest absolute Gasteiger partial charge is 0.481 e. The minimum absolute atomic E-state index is 0.0618. The third kappa shape index (κ3) is 3.57. The minimum atomic E-state index is -0.754. The van der Waals surface area contributed by atoms with E-state index in [1.807, 2.05) is 7.05 Å². The first-order chi connectivity index (χ1) is 8.69. The normalized spacial score (nSPS) is 13.4. The van der Waals surface area contributed by atoms with Crippen LogP contribution < -0.4 is 5.32 Å². The highest BCUT2D eigenvalue weighted by Gasteiger charge is 2.31. The summed E-state index contributed by atoms with van der Waals surface area (Å²) >= 11 is 0. The Balaban J connectivity index is 3.15. The molecule has 0 amide bonds. The van der Waals surface area contributed by atoms with Crippen molar-refractivity contribution in [1.82, 2.24) is 5.32 Å². The van der Waals surface area contributed by atoms with Crippen molar-refractivity contribution >= 4 is 5.97 Å². The maximum Gasteiger partial charge on any atom is 0.309 e. The lowest BCUT2D eigenvalue weighted by molar-refractivity contribution is -0.147. The number of aliphatic carboxylic acids is 1. The van der Waals surface area contributed by atoms with Crippen LogP contribution in [0.15, 0.2) is 12.1 Å². The second-order valence-electron chi connectivity index (χ2n) is 6.05. The number of hydrogen-bond donors (Lipinski definition) is 2. The van der Waals surface area contributed by atoms with E-state index in [4.69, 9.17) is 0 Å². The second kappa shape index (κ2) is 5.74. The maximum atomic E-state index is 11.3. The van der Waals surface area contributed by atoms with Crippen molar-refractivity contribution in [2.45, 2.75) is 47.1 Å². The van der Waals surface area contributed by atoms with Crippen LogP contribution in [0.2, 0.25) is 0 Å². The molecular formula is C16H25NO2. The summed E-state index contributed by atoms with van der Waals surface area (Å²) in [5.41, 5.74) is 4.17.